The maximum absolute atomic E-state index is 13.6. The summed E-state index contributed by atoms with van der Waals surface area (Å²) in [5.41, 5.74) is 4.61. The first-order valence-corrected chi connectivity index (χ1v) is 13.3. The van der Waals surface area contributed by atoms with Crippen molar-refractivity contribution in [1.29, 1.82) is 0 Å². The van der Waals surface area contributed by atoms with Crippen LogP contribution in [0.1, 0.15) is 38.7 Å². The molecule has 2 unspecified atom stereocenters. The Labute approximate surface area is 238 Å². The van der Waals surface area contributed by atoms with Crippen molar-refractivity contribution in [3.63, 3.8) is 0 Å². The highest BCUT2D eigenvalue weighted by atomic mass is 16.6. The molecule has 0 bridgehead atoms. The molecule has 0 spiro atoms. The third-order valence-corrected chi connectivity index (χ3v) is 6.97. The number of methoxy groups -OCH3 is 1. The SMILES string of the molecule is COc1cccc(C(=O)Nc2ccc(C3OC(=O)N(Cc4ccc(C)cc4)C3C(=O)NCc3ccccc3)cc2)c1. The average Bonchev–Trinajstić information content (AvgIpc) is 3.33. The molecule has 0 aliphatic carbocycles. The molecule has 3 amide bonds. The first kappa shape index (κ1) is 27.5. The van der Waals surface area contributed by atoms with E-state index in [1.54, 1.807) is 55.6 Å². The van der Waals surface area contributed by atoms with Crippen molar-refractivity contribution in [2.75, 3.05) is 12.4 Å². The van der Waals surface area contributed by atoms with E-state index >= 15 is 0 Å². The monoisotopic (exact) mass is 549 g/mol. The number of anilines is 1. The lowest BCUT2D eigenvalue weighted by molar-refractivity contribution is -0.126. The Balaban J connectivity index is 1.35. The molecule has 1 saturated heterocycles. The molecule has 2 N–H and O–H groups in total. The summed E-state index contributed by atoms with van der Waals surface area (Å²) in [5, 5.41) is 5.83. The minimum Gasteiger partial charge on any atom is -0.497 e. The van der Waals surface area contributed by atoms with E-state index in [4.69, 9.17) is 9.47 Å². The van der Waals surface area contributed by atoms with E-state index in [-0.39, 0.29) is 18.4 Å². The Morgan fingerprint density at radius 1 is 0.878 bits per heavy atom. The van der Waals surface area contributed by atoms with Gasteiger partial charge in [-0.15, -0.1) is 0 Å². The number of carbonyl (C=O) groups excluding carboxylic acids is 3. The zero-order valence-electron chi connectivity index (χ0n) is 22.9. The lowest BCUT2D eigenvalue weighted by Gasteiger charge is -2.24. The van der Waals surface area contributed by atoms with Crippen molar-refractivity contribution in [3.05, 3.63) is 131 Å². The highest BCUT2D eigenvalue weighted by Gasteiger charge is 2.46. The summed E-state index contributed by atoms with van der Waals surface area (Å²) in [6.45, 7) is 2.55. The fraction of sp³-hybridized carbons (Fsp3) is 0.182. The molecular formula is C33H31N3O5. The molecule has 8 nitrogen and oxygen atoms in total. The number of nitrogens with zero attached hydrogens (tertiary/aromatic N) is 1. The quantitative estimate of drug-likeness (QED) is 0.282. The van der Waals surface area contributed by atoms with Crippen molar-refractivity contribution in [3.8, 4) is 5.75 Å². The molecule has 41 heavy (non-hydrogen) atoms. The van der Waals surface area contributed by atoms with Crippen LogP contribution in [0.2, 0.25) is 0 Å². The van der Waals surface area contributed by atoms with Crippen LogP contribution in [0.15, 0.2) is 103 Å². The van der Waals surface area contributed by atoms with Gasteiger partial charge in [0.15, 0.2) is 12.1 Å². The van der Waals surface area contributed by atoms with Gasteiger partial charge in [-0.2, -0.15) is 0 Å². The second kappa shape index (κ2) is 12.4. The molecule has 2 atom stereocenters. The minimum atomic E-state index is -0.884. The Kier molecular flexibility index (Phi) is 8.29. The van der Waals surface area contributed by atoms with Crippen LogP contribution >= 0.6 is 0 Å². The van der Waals surface area contributed by atoms with E-state index in [0.717, 1.165) is 16.7 Å². The zero-order valence-corrected chi connectivity index (χ0v) is 22.9. The number of nitrogens with one attached hydrogen (secondary N) is 2. The van der Waals surface area contributed by atoms with Gasteiger partial charge in [0.05, 0.1) is 13.7 Å². The van der Waals surface area contributed by atoms with Gasteiger partial charge < -0.3 is 20.1 Å². The largest absolute Gasteiger partial charge is 0.497 e. The summed E-state index contributed by atoms with van der Waals surface area (Å²) in [6, 6.07) is 30.3. The fourth-order valence-electron chi connectivity index (χ4n) is 4.71. The summed E-state index contributed by atoms with van der Waals surface area (Å²) in [6.07, 6.45) is -1.39. The van der Waals surface area contributed by atoms with Crippen LogP contribution in [0.25, 0.3) is 0 Å². The minimum absolute atomic E-state index is 0.230. The van der Waals surface area contributed by atoms with Gasteiger partial charge in [0, 0.05) is 17.8 Å². The number of carbonyl (C=O) groups is 3. The second-order valence-corrected chi connectivity index (χ2v) is 9.87. The smallest absolute Gasteiger partial charge is 0.411 e. The molecule has 4 aromatic rings. The highest BCUT2D eigenvalue weighted by molar-refractivity contribution is 6.04. The van der Waals surface area contributed by atoms with Gasteiger partial charge in [0.1, 0.15) is 5.75 Å². The number of hydrogen-bond acceptors (Lipinski definition) is 5. The predicted octanol–water partition coefficient (Wildman–Crippen LogP) is 5.63. The zero-order chi connectivity index (χ0) is 28.8. The van der Waals surface area contributed by atoms with E-state index in [0.29, 0.717) is 29.1 Å². The first-order chi connectivity index (χ1) is 19.9. The van der Waals surface area contributed by atoms with Crippen LogP contribution in [-0.2, 0) is 22.6 Å². The summed E-state index contributed by atoms with van der Waals surface area (Å²) >= 11 is 0. The Hall–Kier alpha value is -5.11. The number of cyclic esters (lactones) is 1. The van der Waals surface area contributed by atoms with Crippen LogP contribution in [0.4, 0.5) is 10.5 Å². The van der Waals surface area contributed by atoms with E-state index < -0.39 is 18.2 Å². The van der Waals surface area contributed by atoms with Gasteiger partial charge >= 0.3 is 6.09 Å². The molecule has 0 saturated carbocycles. The number of aryl methyl sites for hydroxylation is 1. The third-order valence-electron chi connectivity index (χ3n) is 6.97. The van der Waals surface area contributed by atoms with Crippen LogP contribution < -0.4 is 15.4 Å². The number of benzene rings is 4. The summed E-state index contributed by atoms with van der Waals surface area (Å²) in [7, 11) is 1.54. The van der Waals surface area contributed by atoms with Crippen LogP contribution in [0, 0.1) is 6.92 Å². The van der Waals surface area contributed by atoms with Crippen molar-refractivity contribution in [2.24, 2.45) is 0 Å². The van der Waals surface area contributed by atoms with Crippen LogP contribution in [0.3, 0.4) is 0 Å². The summed E-state index contributed by atoms with van der Waals surface area (Å²) < 4.78 is 11.0. The van der Waals surface area contributed by atoms with Crippen molar-refractivity contribution in [2.45, 2.75) is 32.2 Å². The van der Waals surface area contributed by atoms with E-state index in [1.807, 2.05) is 61.5 Å². The van der Waals surface area contributed by atoms with Crippen molar-refractivity contribution < 1.29 is 23.9 Å². The van der Waals surface area contributed by atoms with Crippen molar-refractivity contribution >= 4 is 23.6 Å². The fourth-order valence-corrected chi connectivity index (χ4v) is 4.71. The number of rotatable bonds is 9. The molecule has 8 heteroatoms. The molecule has 1 fully saturated rings. The normalized spacial score (nSPS) is 16.1. The van der Waals surface area contributed by atoms with Gasteiger partial charge in [0.25, 0.3) is 5.91 Å². The number of hydrogen-bond donors (Lipinski definition) is 2. The Morgan fingerprint density at radius 3 is 2.32 bits per heavy atom. The van der Waals surface area contributed by atoms with Gasteiger partial charge in [-0.3, -0.25) is 14.5 Å². The molecule has 0 aromatic heterocycles. The van der Waals surface area contributed by atoms with Gasteiger partial charge in [0.2, 0.25) is 5.91 Å². The second-order valence-electron chi connectivity index (χ2n) is 9.87. The molecule has 208 valence electrons. The molecule has 1 aliphatic heterocycles. The molecule has 1 aliphatic rings. The Bertz CT molecular complexity index is 1520. The lowest BCUT2D eigenvalue weighted by atomic mass is 10.00. The summed E-state index contributed by atoms with van der Waals surface area (Å²) in [5.74, 6) is -0.0126. The molecule has 1 heterocycles. The third kappa shape index (κ3) is 6.55. The van der Waals surface area contributed by atoms with Crippen LogP contribution in [0.5, 0.6) is 5.75 Å². The molecule has 5 rings (SSSR count). The first-order valence-electron chi connectivity index (χ1n) is 13.3. The van der Waals surface area contributed by atoms with Gasteiger partial charge in [-0.05, 0) is 53.9 Å². The average molecular weight is 550 g/mol. The maximum Gasteiger partial charge on any atom is 0.411 e. The van der Waals surface area contributed by atoms with Gasteiger partial charge in [-0.1, -0.05) is 78.4 Å². The molecule has 4 aromatic carbocycles. The number of ether oxygens (including phenoxy) is 2. The topological polar surface area (TPSA) is 97.0 Å². The Morgan fingerprint density at radius 2 is 1.61 bits per heavy atom. The van der Waals surface area contributed by atoms with Crippen molar-refractivity contribution in [1.82, 2.24) is 10.2 Å². The standard InChI is InChI=1S/C33H31N3O5/c1-22-11-13-24(14-12-22)21-36-29(32(38)34-20-23-7-4-3-5-8-23)30(41-33(36)39)25-15-17-27(18-16-25)35-31(37)26-9-6-10-28(19-26)40-2/h3-19,29-30H,20-21H2,1-2H3,(H,34,38)(H,35,37). The molecule has 0 radical (unpaired) electrons. The molecular weight excluding hydrogens is 518 g/mol. The maximum atomic E-state index is 13.6. The van der Waals surface area contributed by atoms with Gasteiger partial charge in [-0.25, -0.2) is 4.79 Å². The van der Waals surface area contributed by atoms with E-state index in [9.17, 15) is 14.4 Å². The lowest BCUT2D eigenvalue weighted by Crippen LogP contribution is -2.46. The highest BCUT2D eigenvalue weighted by Crippen LogP contribution is 2.34. The van der Waals surface area contributed by atoms with E-state index in [1.165, 1.54) is 4.90 Å². The van der Waals surface area contributed by atoms with E-state index in [2.05, 4.69) is 10.6 Å². The van der Waals surface area contributed by atoms with Crippen LogP contribution in [-0.4, -0.2) is 36.0 Å². The number of amides is 3. The predicted molar refractivity (Wildman–Crippen MR) is 155 cm³/mol. The summed E-state index contributed by atoms with van der Waals surface area (Å²) in [4.78, 5) is 40.9.